The zero-order valence-corrected chi connectivity index (χ0v) is 18.5. The molecule has 4 aromatic rings. The largest absolute Gasteiger partial charge is 0.361 e. The fraction of sp³-hybridized carbons (Fsp3) is 0.259. The van der Waals surface area contributed by atoms with Gasteiger partial charge in [-0.1, -0.05) is 37.3 Å². The second-order valence-electron chi connectivity index (χ2n) is 8.83. The first-order valence-corrected chi connectivity index (χ1v) is 10.9. The molecular formula is C27H26FN3O. The number of nitrogens with zero attached hydrogens (tertiary/aromatic N) is 3. The molecule has 1 aliphatic heterocycles. The Balaban J connectivity index is 1.60. The van der Waals surface area contributed by atoms with Gasteiger partial charge in [-0.3, -0.25) is 9.97 Å². The molecule has 32 heavy (non-hydrogen) atoms. The number of aromatic nitrogens is 2. The summed E-state index contributed by atoms with van der Waals surface area (Å²) in [7, 11) is 4.13. The molecule has 0 bridgehead atoms. The molecule has 1 aromatic heterocycles. The number of halogens is 1. The molecule has 0 N–H and O–H groups in total. The summed E-state index contributed by atoms with van der Waals surface area (Å²) in [4.78, 5) is 11.0. The van der Waals surface area contributed by atoms with Crippen molar-refractivity contribution in [1.82, 2.24) is 14.9 Å². The van der Waals surface area contributed by atoms with Gasteiger partial charge in [0.25, 0.3) is 0 Å². The van der Waals surface area contributed by atoms with Crippen LogP contribution in [0.25, 0.3) is 22.2 Å². The van der Waals surface area contributed by atoms with Crippen molar-refractivity contribution >= 4 is 11.0 Å². The van der Waals surface area contributed by atoms with Gasteiger partial charge in [-0.25, -0.2) is 4.39 Å². The molecule has 1 aliphatic rings. The number of ether oxygens (including phenoxy) is 1. The number of hydrogen-bond acceptors (Lipinski definition) is 4. The Labute approximate surface area is 187 Å². The molecule has 0 spiro atoms. The van der Waals surface area contributed by atoms with E-state index in [2.05, 4.69) is 66.2 Å². The number of fused-ring (bicyclic) bond motifs is 2. The standard InChI is InChI=1S/C27H26FN3O/c1-18(16-31(2)3)27(22-6-8-23(28)9-7-22)24-10-4-19(14-21(24)17-32-27)20-5-11-25-26(15-20)30-13-12-29-25/h4-15,18H,16-17H2,1-3H3. The summed E-state index contributed by atoms with van der Waals surface area (Å²) in [6.45, 7) is 3.57. The van der Waals surface area contributed by atoms with Gasteiger partial charge in [0.15, 0.2) is 0 Å². The Morgan fingerprint density at radius 1 is 0.938 bits per heavy atom. The topological polar surface area (TPSA) is 38.2 Å². The Morgan fingerprint density at radius 3 is 2.38 bits per heavy atom. The number of benzene rings is 3. The maximum atomic E-state index is 13.7. The highest BCUT2D eigenvalue weighted by Gasteiger charge is 2.46. The average Bonchev–Trinajstić information content (AvgIpc) is 3.19. The molecule has 0 saturated carbocycles. The fourth-order valence-corrected chi connectivity index (χ4v) is 4.97. The van der Waals surface area contributed by atoms with Crippen molar-refractivity contribution in [3.05, 3.63) is 95.6 Å². The molecule has 5 heteroatoms. The van der Waals surface area contributed by atoms with Gasteiger partial charge >= 0.3 is 0 Å². The lowest BCUT2D eigenvalue weighted by Gasteiger charge is -2.37. The average molecular weight is 428 g/mol. The van der Waals surface area contributed by atoms with Gasteiger partial charge < -0.3 is 9.64 Å². The summed E-state index contributed by atoms with van der Waals surface area (Å²) in [5.41, 5.74) is 6.67. The third-order valence-electron chi connectivity index (χ3n) is 6.37. The maximum Gasteiger partial charge on any atom is 0.123 e. The lowest BCUT2D eigenvalue weighted by atomic mass is 9.76. The molecule has 162 valence electrons. The smallest absolute Gasteiger partial charge is 0.123 e. The molecule has 0 radical (unpaired) electrons. The van der Waals surface area contributed by atoms with E-state index >= 15 is 0 Å². The summed E-state index contributed by atoms with van der Waals surface area (Å²) < 4.78 is 20.3. The molecule has 2 heterocycles. The Bertz CT molecular complexity index is 1270. The summed E-state index contributed by atoms with van der Waals surface area (Å²) in [5.74, 6) is -0.0665. The minimum absolute atomic E-state index is 0.172. The van der Waals surface area contributed by atoms with Gasteiger partial charge in [-0.05, 0) is 72.2 Å². The molecule has 0 saturated heterocycles. The molecule has 3 aromatic carbocycles. The SMILES string of the molecule is CC(CN(C)C)C1(c2ccc(F)cc2)OCc2cc(-c3ccc4nccnc4c3)ccc21. The normalized spacial score (nSPS) is 18.8. The summed E-state index contributed by atoms with van der Waals surface area (Å²) in [5, 5.41) is 0. The van der Waals surface area contributed by atoms with Crippen molar-refractivity contribution < 1.29 is 9.13 Å². The zero-order valence-electron chi connectivity index (χ0n) is 18.5. The second-order valence-corrected chi connectivity index (χ2v) is 8.83. The third-order valence-corrected chi connectivity index (χ3v) is 6.37. The van der Waals surface area contributed by atoms with E-state index < -0.39 is 5.60 Å². The Hall–Kier alpha value is -3.15. The van der Waals surface area contributed by atoms with E-state index in [-0.39, 0.29) is 11.7 Å². The Morgan fingerprint density at radius 2 is 1.62 bits per heavy atom. The van der Waals surface area contributed by atoms with E-state index in [1.165, 1.54) is 12.1 Å². The molecule has 0 aliphatic carbocycles. The van der Waals surface area contributed by atoms with Gasteiger partial charge in [0.05, 0.1) is 17.6 Å². The van der Waals surface area contributed by atoms with Crippen LogP contribution in [-0.4, -0.2) is 35.5 Å². The van der Waals surface area contributed by atoms with E-state index in [0.717, 1.165) is 45.4 Å². The van der Waals surface area contributed by atoms with E-state index in [9.17, 15) is 4.39 Å². The third kappa shape index (κ3) is 3.48. The predicted molar refractivity (Wildman–Crippen MR) is 125 cm³/mol. The molecule has 0 fully saturated rings. The minimum atomic E-state index is -0.610. The molecular weight excluding hydrogens is 401 g/mol. The van der Waals surface area contributed by atoms with Crippen molar-refractivity contribution in [2.45, 2.75) is 19.1 Å². The van der Waals surface area contributed by atoms with Crippen LogP contribution >= 0.6 is 0 Å². The van der Waals surface area contributed by atoms with Gasteiger partial charge in [0, 0.05) is 24.9 Å². The van der Waals surface area contributed by atoms with Crippen LogP contribution in [-0.2, 0) is 16.9 Å². The highest BCUT2D eigenvalue weighted by Crippen LogP contribution is 2.48. The zero-order chi connectivity index (χ0) is 22.3. The van der Waals surface area contributed by atoms with Crippen LogP contribution < -0.4 is 0 Å². The second kappa shape index (κ2) is 8.08. The van der Waals surface area contributed by atoms with E-state index in [1.54, 1.807) is 12.4 Å². The van der Waals surface area contributed by atoms with Crippen molar-refractivity contribution in [3.63, 3.8) is 0 Å². The lowest BCUT2D eigenvalue weighted by molar-refractivity contribution is -0.0505. The summed E-state index contributed by atoms with van der Waals surface area (Å²) in [6.07, 6.45) is 3.42. The van der Waals surface area contributed by atoms with E-state index in [1.807, 2.05) is 18.2 Å². The number of hydrogen-bond donors (Lipinski definition) is 0. The molecule has 4 nitrogen and oxygen atoms in total. The fourth-order valence-electron chi connectivity index (χ4n) is 4.97. The maximum absolute atomic E-state index is 13.7. The lowest BCUT2D eigenvalue weighted by Crippen LogP contribution is -2.40. The van der Waals surface area contributed by atoms with E-state index in [0.29, 0.717) is 6.61 Å². The summed E-state index contributed by atoms with van der Waals surface area (Å²) >= 11 is 0. The van der Waals surface area contributed by atoms with E-state index in [4.69, 9.17) is 4.74 Å². The quantitative estimate of drug-likeness (QED) is 0.427. The predicted octanol–water partition coefficient (Wildman–Crippen LogP) is 5.41. The molecule has 2 atom stereocenters. The van der Waals surface area contributed by atoms with Crippen LogP contribution in [0.4, 0.5) is 4.39 Å². The van der Waals surface area contributed by atoms with Gasteiger partial charge in [0.2, 0.25) is 0 Å². The van der Waals surface area contributed by atoms with Crippen LogP contribution in [0, 0.1) is 11.7 Å². The van der Waals surface area contributed by atoms with Crippen molar-refractivity contribution in [2.24, 2.45) is 5.92 Å². The first-order chi connectivity index (χ1) is 15.5. The first kappa shape index (κ1) is 20.7. The molecule has 0 amide bonds. The van der Waals surface area contributed by atoms with Crippen molar-refractivity contribution in [3.8, 4) is 11.1 Å². The van der Waals surface area contributed by atoms with Crippen LogP contribution in [0.3, 0.4) is 0 Å². The van der Waals surface area contributed by atoms with Gasteiger partial charge in [-0.15, -0.1) is 0 Å². The Kier molecular flexibility index (Phi) is 5.24. The van der Waals surface area contributed by atoms with Crippen LogP contribution in [0.1, 0.15) is 23.6 Å². The van der Waals surface area contributed by atoms with Crippen molar-refractivity contribution in [1.29, 1.82) is 0 Å². The van der Waals surface area contributed by atoms with Crippen LogP contribution in [0.2, 0.25) is 0 Å². The van der Waals surface area contributed by atoms with Crippen LogP contribution in [0.5, 0.6) is 0 Å². The first-order valence-electron chi connectivity index (χ1n) is 10.9. The molecule has 5 rings (SSSR count). The van der Waals surface area contributed by atoms with Crippen molar-refractivity contribution in [2.75, 3.05) is 20.6 Å². The number of rotatable bonds is 5. The highest BCUT2D eigenvalue weighted by molar-refractivity contribution is 5.81. The minimum Gasteiger partial charge on any atom is -0.361 e. The summed E-state index contributed by atoms with van der Waals surface area (Å²) in [6, 6.07) is 19.4. The highest BCUT2D eigenvalue weighted by atomic mass is 19.1. The monoisotopic (exact) mass is 427 g/mol. The molecule has 2 unspecified atom stereocenters. The van der Waals surface area contributed by atoms with Gasteiger partial charge in [0.1, 0.15) is 11.4 Å². The van der Waals surface area contributed by atoms with Gasteiger partial charge in [-0.2, -0.15) is 0 Å². The van der Waals surface area contributed by atoms with Crippen LogP contribution in [0.15, 0.2) is 73.1 Å².